The molecule has 0 atom stereocenters. The number of piperidine rings is 1. The predicted octanol–water partition coefficient (Wildman–Crippen LogP) is 4.93. The van der Waals surface area contributed by atoms with Crippen molar-refractivity contribution in [3.05, 3.63) is 95.6 Å². The van der Waals surface area contributed by atoms with E-state index in [0.29, 0.717) is 25.9 Å². The van der Waals surface area contributed by atoms with Crippen LogP contribution < -0.4 is 10.6 Å². The van der Waals surface area contributed by atoms with E-state index in [1.165, 1.54) is 5.56 Å². The maximum Gasteiger partial charge on any atom is 0.408 e. The molecule has 1 saturated heterocycles. The Kier molecular flexibility index (Phi) is 8.13. The van der Waals surface area contributed by atoms with Crippen molar-refractivity contribution in [2.45, 2.75) is 56.7 Å². The van der Waals surface area contributed by atoms with Gasteiger partial charge < -0.3 is 20.5 Å². The van der Waals surface area contributed by atoms with Crippen LogP contribution in [0.5, 0.6) is 0 Å². The van der Waals surface area contributed by atoms with Crippen molar-refractivity contribution >= 4 is 18.0 Å². The van der Waals surface area contributed by atoms with E-state index < -0.39 is 29.0 Å². The van der Waals surface area contributed by atoms with Crippen LogP contribution in [0.2, 0.25) is 0 Å². The molecule has 3 aromatic rings. The number of hydrogen-bond donors (Lipinski definition) is 3. The van der Waals surface area contributed by atoms with Crippen LogP contribution in [0, 0.1) is 0 Å². The van der Waals surface area contributed by atoms with E-state index in [1.807, 2.05) is 42.5 Å². The van der Waals surface area contributed by atoms with Gasteiger partial charge in [0.15, 0.2) is 0 Å². The van der Waals surface area contributed by atoms with Crippen molar-refractivity contribution in [1.82, 2.24) is 15.5 Å². The number of aliphatic carboxylic acids is 1. The van der Waals surface area contributed by atoms with Crippen molar-refractivity contribution < 1.29 is 24.2 Å². The van der Waals surface area contributed by atoms with Gasteiger partial charge in [0.1, 0.15) is 12.1 Å². The van der Waals surface area contributed by atoms with Crippen LogP contribution in [0.25, 0.3) is 11.1 Å². The smallest absolute Gasteiger partial charge is 0.408 e. The zero-order valence-electron chi connectivity index (χ0n) is 23.6. The predicted molar refractivity (Wildman–Crippen MR) is 156 cm³/mol. The summed E-state index contributed by atoms with van der Waals surface area (Å²) in [7, 11) is 0. The molecule has 8 heteroatoms. The van der Waals surface area contributed by atoms with Gasteiger partial charge in [0.25, 0.3) is 0 Å². The highest BCUT2D eigenvalue weighted by molar-refractivity contribution is 5.91. The summed E-state index contributed by atoms with van der Waals surface area (Å²) in [6.45, 7) is 5.40. The average Bonchev–Trinajstić information content (AvgIpc) is 3.26. The van der Waals surface area contributed by atoms with Gasteiger partial charge in [-0.3, -0.25) is 14.5 Å². The number of ether oxygens (including phenoxy) is 1. The lowest BCUT2D eigenvalue weighted by molar-refractivity contribution is -0.139. The number of likely N-dealkylation sites (tertiary alicyclic amines) is 1. The van der Waals surface area contributed by atoms with Crippen LogP contribution in [0.4, 0.5) is 4.79 Å². The molecule has 214 valence electrons. The number of carboxylic acids is 1. The fourth-order valence-electron chi connectivity index (χ4n) is 6.02. The summed E-state index contributed by atoms with van der Waals surface area (Å²) in [5.74, 6) is -1.50. The third kappa shape index (κ3) is 6.43. The quantitative estimate of drug-likeness (QED) is 0.346. The van der Waals surface area contributed by atoms with Crippen LogP contribution in [0.3, 0.4) is 0 Å². The van der Waals surface area contributed by atoms with Gasteiger partial charge in [-0.1, -0.05) is 78.9 Å². The number of carboxylic acid groups (broad SMARTS) is 1. The second-order valence-corrected chi connectivity index (χ2v) is 11.7. The molecule has 8 nitrogen and oxygen atoms in total. The van der Waals surface area contributed by atoms with Crippen LogP contribution in [0.15, 0.2) is 78.9 Å². The van der Waals surface area contributed by atoms with E-state index >= 15 is 0 Å². The number of carbonyl (C=O) groups is 3. The van der Waals surface area contributed by atoms with Crippen molar-refractivity contribution in [3.63, 3.8) is 0 Å². The summed E-state index contributed by atoms with van der Waals surface area (Å²) in [5, 5.41) is 15.1. The number of benzene rings is 3. The molecular weight excluding hydrogens is 518 g/mol. The average molecular weight is 556 g/mol. The van der Waals surface area contributed by atoms with Gasteiger partial charge in [-0.15, -0.1) is 0 Å². The molecule has 0 unspecified atom stereocenters. The first-order chi connectivity index (χ1) is 19.7. The minimum atomic E-state index is -1.22. The molecular formula is C33H37N3O5. The van der Waals surface area contributed by atoms with E-state index in [1.54, 1.807) is 13.8 Å². The summed E-state index contributed by atoms with van der Waals surface area (Å²) in [5.41, 5.74) is 3.47. The Balaban J connectivity index is 1.29. The molecule has 2 amide bonds. The standard InChI is InChI=1S/C33H37N3O5/c1-32(2,20-29(37)38)34-30(39)33(16-18-36(19-17-33)21-23-10-4-3-5-11-23)35-31(40)41-22-28-26-14-8-6-12-24(26)25-13-7-9-15-27(25)28/h3-15,28H,16-22H2,1-2H3,(H,34,39)(H,35,40)(H,37,38). The zero-order valence-corrected chi connectivity index (χ0v) is 23.6. The number of rotatable bonds is 9. The zero-order chi connectivity index (χ0) is 29.0. The van der Waals surface area contributed by atoms with E-state index in [-0.39, 0.29) is 18.9 Å². The highest BCUT2D eigenvalue weighted by Crippen LogP contribution is 2.44. The molecule has 0 radical (unpaired) electrons. The number of nitrogens with one attached hydrogen (secondary N) is 2. The normalized spacial score (nSPS) is 16.3. The number of amides is 2. The number of fused-ring (bicyclic) bond motifs is 3. The van der Waals surface area contributed by atoms with E-state index in [0.717, 1.165) is 28.8 Å². The van der Waals surface area contributed by atoms with Gasteiger partial charge in [-0.2, -0.15) is 0 Å². The van der Waals surface area contributed by atoms with Crippen molar-refractivity contribution in [2.24, 2.45) is 0 Å². The summed E-state index contributed by atoms with van der Waals surface area (Å²) in [4.78, 5) is 40.6. The van der Waals surface area contributed by atoms with Crippen molar-refractivity contribution in [1.29, 1.82) is 0 Å². The van der Waals surface area contributed by atoms with E-state index in [4.69, 9.17) is 4.74 Å². The van der Waals surface area contributed by atoms with Gasteiger partial charge in [-0.25, -0.2) is 4.79 Å². The second-order valence-electron chi connectivity index (χ2n) is 11.7. The third-order valence-electron chi connectivity index (χ3n) is 8.12. The lowest BCUT2D eigenvalue weighted by Gasteiger charge is -2.42. The maximum atomic E-state index is 13.7. The minimum absolute atomic E-state index is 0.0971. The molecule has 0 saturated carbocycles. The van der Waals surface area contributed by atoms with Crippen molar-refractivity contribution in [3.8, 4) is 11.1 Å². The Bertz CT molecular complexity index is 1370. The number of carbonyl (C=O) groups excluding carboxylic acids is 2. The van der Waals surface area contributed by atoms with Crippen molar-refractivity contribution in [2.75, 3.05) is 19.7 Å². The summed E-state index contributed by atoms with van der Waals surface area (Å²) in [6, 6.07) is 26.4. The number of hydrogen-bond acceptors (Lipinski definition) is 5. The Labute approximate surface area is 240 Å². The van der Waals surface area contributed by atoms with Gasteiger partial charge in [-0.05, 0) is 54.5 Å². The first-order valence-corrected chi connectivity index (χ1v) is 14.1. The molecule has 0 aromatic heterocycles. The van der Waals surface area contributed by atoms with Crippen LogP contribution in [0.1, 0.15) is 55.7 Å². The van der Waals surface area contributed by atoms with Crippen LogP contribution in [-0.4, -0.2) is 58.8 Å². The van der Waals surface area contributed by atoms with Crippen LogP contribution in [-0.2, 0) is 20.9 Å². The lowest BCUT2D eigenvalue weighted by Crippen LogP contribution is -2.65. The summed E-state index contributed by atoms with van der Waals surface area (Å²) in [6.07, 6.45) is -0.146. The topological polar surface area (TPSA) is 108 Å². The Morgan fingerprint density at radius 2 is 1.46 bits per heavy atom. The van der Waals surface area contributed by atoms with E-state index in [2.05, 4.69) is 51.9 Å². The third-order valence-corrected chi connectivity index (χ3v) is 8.12. The molecule has 41 heavy (non-hydrogen) atoms. The molecule has 3 aromatic carbocycles. The molecule has 1 heterocycles. The van der Waals surface area contributed by atoms with Gasteiger partial charge in [0.2, 0.25) is 5.91 Å². The molecule has 2 aliphatic rings. The van der Waals surface area contributed by atoms with Gasteiger partial charge >= 0.3 is 12.1 Å². The van der Waals surface area contributed by atoms with E-state index in [9.17, 15) is 19.5 Å². The summed E-state index contributed by atoms with van der Waals surface area (Å²) < 4.78 is 5.80. The first-order valence-electron chi connectivity index (χ1n) is 14.1. The highest BCUT2D eigenvalue weighted by atomic mass is 16.5. The number of nitrogens with zero attached hydrogens (tertiary/aromatic N) is 1. The highest BCUT2D eigenvalue weighted by Gasteiger charge is 2.45. The van der Waals surface area contributed by atoms with Gasteiger partial charge in [0.05, 0.1) is 6.42 Å². The fraction of sp³-hybridized carbons (Fsp3) is 0.364. The van der Waals surface area contributed by atoms with Gasteiger partial charge in [0, 0.05) is 31.1 Å². The first kappa shape index (κ1) is 28.4. The Morgan fingerprint density at radius 3 is 2.05 bits per heavy atom. The second kappa shape index (κ2) is 11.7. The lowest BCUT2D eigenvalue weighted by atomic mass is 9.85. The largest absolute Gasteiger partial charge is 0.481 e. The maximum absolute atomic E-state index is 13.7. The summed E-state index contributed by atoms with van der Waals surface area (Å²) >= 11 is 0. The van der Waals surface area contributed by atoms with Crippen LogP contribution >= 0.6 is 0 Å². The minimum Gasteiger partial charge on any atom is -0.481 e. The fourth-order valence-corrected chi connectivity index (χ4v) is 6.02. The molecule has 1 aliphatic heterocycles. The molecule has 3 N–H and O–H groups in total. The Hall–Kier alpha value is -4.17. The Morgan fingerprint density at radius 1 is 0.902 bits per heavy atom. The molecule has 1 aliphatic carbocycles. The number of alkyl carbamates (subject to hydrolysis) is 1. The molecule has 5 rings (SSSR count). The molecule has 0 bridgehead atoms. The monoisotopic (exact) mass is 555 g/mol. The molecule has 0 spiro atoms. The SMILES string of the molecule is CC(C)(CC(=O)O)NC(=O)C1(NC(=O)OCC2c3ccccc3-c3ccccc32)CCN(Cc2ccccc2)CC1. The molecule has 1 fully saturated rings.